The quantitative estimate of drug-likeness (QED) is 0.767. The van der Waals surface area contributed by atoms with Gasteiger partial charge in [0.05, 0.1) is 13.0 Å². The first-order chi connectivity index (χ1) is 13.7. The number of ether oxygens (including phenoxy) is 1. The van der Waals surface area contributed by atoms with Crippen molar-refractivity contribution in [2.45, 2.75) is 64.7 Å². The van der Waals surface area contributed by atoms with Crippen LogP contribution in [0, 0.1) is 11.3 Å². The lowest BCUT2D eigenvalue weighted by atomic mass is 9.56. The van der Waals surface area contributed by atoms with Crippen LogP contribution in [0.2, 0.25) is 0 Å². The van der Waals surface area contributed by atoms with E-state index in [1.165, 1.54) is 31.1 Å². The molecule has 5 heteroatoms. The molecule has 160 valence electrons. The van der Waals surface area contributed by atoms with Crippen LogP contribution in [0.4, 0.5) is 4.79 Å². The average Bonchev–Trinajstić information content (AvgIpc) is 2.62. The first-order valence-corrected chi connectivity index (χ1v) is 10.9. The SMILES string of the molecule is CCC[C@H](CNC(=O)OC)C(=O)N1CC2(CC(c3cccc(C(C)(C)C)c3)C2)C1. The lowest BCUT2D eigenvalue weighted by Crippen LogP contribution is -2.64. The average molecular weight is 401 g/mol. The third-order valence-corrected chi connectivity index (χ3v) is 6.61. The summed E-state index contributed by atoms with van der Waals surface area (Å²) in [6.07, 6.45) is 3.57. The minimum absolute atomic E-state index is 0.157. The molecular formula is C24H36N2O3. The predicted octanol–water partition coefficient (Wildman–Crippen LogP) is 4.46. The molecule has 1 N–H and O–H groups in total. The summed E-state index contributed by atoms with van der Waals surface area (Å²) in [5, 5.41) is 2.69. The number of benzene rings is 1. The molecule has 1 aromatic rings. The fourth-order valence-corrected chi connectivity index (χ4v) is 4.86. The number of carbonyl (C=O) groups is 2. The van der Waals surface area contributed by atoms with Crippen LogP contribution in [0.1, 0.15) is 70.4 Å². The van der Waals surface area contributed by atoms with E-state index in [0.717, 1.165) is 25.9 Å². The molecule has 1 aliphatic carbocycles. The summed E-state index contributed by atoms with van der Waals surface area (Å²) >= 11 is 0. The maximum Gasteiger partial charge on any atom is 0.406 e. The Kier molecular flexibility index (Phi) is 6.25. The Morgan fingerprint density at radius 2 is 1.97 bits per heavy atom. The number of nitrogens with zero attached hydrogens (tertiary/aromatic N) is 1. The predicted molar refractivity (Wildman–Crippen MR) is 115 cm³/mol. The van der Waals surface area contributed by atoms with Gasteiger partial charge in [0.2, 0.25) is 5.91 Å². The van der Waals surface area contributed by atoms with Gasteiger partial charge in [0, 0.05) is 25.0 Å². The fourth-order valence-electron chi connectivity index (χ4n) is 4.86. The smallest absolute Gasteiger partial charge is 0.406 e. The van der Waals surface area contributed by atoms with Gasteiger partial charge in [-0.05, 0) is 41.7 Å². The molecule has 1 atom stereocenters. The van der Waals surface area contributed by atoms with Crippen molar-refractivity contribution < 1.29 is 14.3 Å². The number of alkyl carbamates (subject to hydrolysis) is 1. The second kappa shape index (κ2) is 8.37. The number of hydrogen-bond acceptors (Lipinski definition) is 3. The van der Waals surface area contributed by atoms with Crippen molar-refractivity contribution in [1.82, 2.24) is 10.2 Å². The Bertz CT molecular complexity index is 739. The second-order valence-corrected chi connectivity index (χ2v) is 10.0. The van der Waals surface area contributed by atoms with Crippen molar-refractivity contribution in [2.75, 3.05) is 26.7 Å². The number of methoxy groups -OCH3 is 1. The third kappa shape index (κ3) is 4.76. The van der Waals surface area contributed by atoms with Gasteiger partial charge in [-0.3, -0.25) is 4.79 Å². The minimum atomic E-state index is -0.474. The van der Waals surface area contributed by atoms with E-state index in [-0.39, 0.29) is 17.2 Å². The monoisotopic (exact) mass is 400 g/mol. The van der Waals surface area contributed by atoms with E-state index in [4.69, 9.17) is 0 Å². The van der Waals surface area contributed by atoms with Gasteiger partial charge >= 0.3 is 6.09 Å². The van der Waals surface area contributed by atoms with Crippen LogP contribution in [0.25, 0.3) is 0 Å². The molecule has 3 rings (SSSR count). The van der Waals surface area contributed by atoms with Crippen molar-refractivity contribution in [2.24, 2.45) is 11.3 Å². The lowest BCUT2D eigenvalue weighted by molar-refractivity contribution is -0.156. The molecular weight excluding hydrogens is 364 g/mol. The van der Waals surface area contributed by atoms with E-state index in [0.29, 0.717) is 17.9 Å². The Hall–Kier alpha value is -2.04. The highest BCUT2D eigenvalue weighted by Gasteiger charge is 2.54. The summed E-state index contributed by atoms with van der Waals surface area (Å²) < 4.78 is 4.63. The number of rotatable bonds is 6. The van der Waals surface area contributed by atoms with E-state index in [2.05, 4.69) is 62.0 Å². The summed E-state index contributed by atoms with van der Waals surface area (Å²) in [6, 6.07) is 9.03. The zero-order chi connectivity index (χ0) is 21.2. The molecule has 1 aliphatic heterocycles. The molecule has 0 aromatic heterocycles. The number of hydrogen-bond donors (Lipinski definition) is 1. The molecule has 2 amide bonds. The Balaban J connectivity index is 1.52. The van der Waals surface area contributed by atoms with Crippen LogP contribution in [0.3, 0.4) is 0 Å². The molecule has 0 unspecified atom stereocenters. The largest absolute Gasteiger partial charge is 0.453 e. The van der Waals surface area contributed by atoms with Gasteiger partial charge < -0.3 is 15.0 Å². The Morgan fingerprint density at radius 1 is 1.28 bits per heavy atom. The minimum Gasteiger partial charge on any atom is -0.453 e. The zero-order valence-corrected chi connectivity index (χ0v) is 18.6. The summed E-state index contributed by atoms with van der Waals surface area (Å²) in [5.41, 5.74) is 3.31. The molecule has 0 radical (unpaired) electrons. The van der Waals surface area contributed by atoms with Gasteiger partial charge in [-0.1, -0.05) is 58.4 Å². The lowest BCUT2D eigenvalue weighted by Gasteiger charge is -2.59. The van der Waals surface area contributed by atoms with Crippen LogP contribution in [0.15, 0.2) is 24.3 Å². The van der Waals surface area contributed by atoms with E-state index >= 15 is 0 Å². The molecule has 5 nitrogen and oxygen atoms in total. The van der Waals surface area contributed by atoms with Crippen molar-refractivity contribution in [3.05, 3.63) is 35.4 Å². The Labute approximate surface area is 175 Å². The molecule has 2 fully saturated rings. The summed E-state index contributed by atoms with van der Waals surface area (Å²) in [6.45, 7) is 10.9. The van der Waals surface area contributed by atoms with Crippen molar-refractivity contribution in [3.63, 3.8) is 0 Å². The highest BCUT2D eigenvalue weighted by Crippen LogP contribution is 2.56. The number of carbonyl (C=O) groups excluding carboxylic acids is 2. The van der Waals surface area contributed by atoms with Crippen LogP contribution in [0.5, 0.6) is 0 Å². The molecule has 2 aliphatic rings. The molecule has 29 heavy (non-hydrogen) atoms. The summed E-state index contributed by atoms with van der Waals surface area (Å²) in [4.78, 5) is 26.2. The molecule has 1 aromatic carbocycles. The standard InChI is InChI=1S/C24H36N2O3/c1-6-8-18(14-25-22(28)29-5)21(27)26-15-24(16-26)12-19(13-24)17-9-7-10-20(11-17)23(2,3)4/h7,9-11,18-19H,6,8,12-16H2,1-5H3,(H,25,28)/t18-/m1/s1. The zero-order valence-electron chi connectivity index (χ0n) is 18.6. The number of amides is 2. The van der Waals surface area contributed by atoms with Crippen LogP contribution >= 0.6 is 0 Å². The second-order valence-electron chi connectivity index (χ2n) is 10.0. The van der Waals surface area contributed by atoms with E-state index in [9.17, 15) is 9.59 Å². The van der Waals surface area contributed by atoms with Gasteiger partial charge in [-0.15, -0.1) is 0 Å². The van der Waals surface area contributed by atoms with E-state index in [1.54, 1.807) is 0 Å². The van der Waals surface area contributed by atoms with Crippen molar-refractivity contribution in [3.8, 4) is 0 Å². The molecule has 1 saturated heterocycles. The number of likely N-dealkylation sites (tertiary alicyclic amines) is 1. The van der Waals surface area contributed by atoms with Gasteiger partial charge in [0.1, 0.15) is 0 Å². The first-order valence-electron chi connectivity index (χ1n) is 10.9. The third-order valence-electron chi connectivity index (χ3n) is 6.61. The van der Waals surface area contributed by atoms with Crippen molar-refractivity contribution >= 4 is 12.0 Å². The highest BCUT2D eigenvalue weighted by atomic mass is 16.5. The topological polar surface area (TPSA) is 58.6 Å². The summed E-state index contributed by atoms with van der Waals surface area (Å²) in [7, 11) is 1.34. The van der Waals surface area contributed by atoms with Gasteiger partial charge in [-0.25, -0.2) is 4.79 Å². The van der Waals surface area contributed by atoms with Gasteiger partial charge in [0.25, 0.3) is 0 Å². The van der Waals surface area contributed by atoms with Crippen LogP contribution in [-0.4, -0.2) is 43.6 Å². The molecule has 1 heterocycles. The van der Waals surface area contributed by atoms with Gasteiger partial charge in [0.15, 0.2) is 0 Å². The number of nitrogens with one attached hydrogen (secondary N) is 1. The molecule has 1 saturated carbocycles. The van der Waals surface area contributed by atoms with E-state index < -0.39 is 6.09 Å². The maximum atomic E-state index is 12.9. The summed E-state index contributed by atoms with van der Waals surface area (Å²) in [5.74, 6) is 0.629. The van der Waals surface area contributed by atoms with Gasteiger partial charge in [-0.2, -0.15) is 0 Å². The first kappa shape index (κ1) is 21.7. The van der Waals surface area contributed by atoms with Crippen molar-refractivity contribution in [1.29, 1.82) is 0 Å². The highest BCUT2D eigenvalue weighted by molar-refractivity contribution is 5.81. The normalized spacial score (nSPS) is 19.3. The van der Waals surface area contributed by atoms with Crippen LogP contribution < -0.4 is 5.32 Å². The van der Waals surface area contributed by atoms with Crippen LogP contribution in [-0.2, 0) is 14.9 Å². The Morgan fingerprint density at radius 3 is 2.55 bits per heavy atom. The van der Waals surface area contributed by atoms with E-state index in [1.807, 2.05) is 4.90 Å². The molecule has 0 bridgehead atoms. The maximum absolute atomic E-state index is 12.9. The molecule has 1 spiro atoms. The fraction of sp³-hybridized carbons (Fsp3) is 0.667.